The van der Waals surface area contributed by atoms with Crippen LogP contribution in [0.3, 0.4) is 0 Å². The van der Waals surface area contributed by atoms with Gasteiger partial charge < -0.3 is 29.2 Å². The van der Waals surface area contributed by atoms with E-state index in [4.69, 9.17) is 9.47 Å². The molecule has 1 aliphatic rings. The highest BCUT2D eigenvalue weighted by atomic mass is 16.5. The number of amides is 2. The van der Waals surface area contributed by atoms with Gasteiger partial charge in [-0.1, -0.05) is 6.92 Å². The number of Topliss-reactive ketones (excluding diaryl/α,β-unsaturated/α-hetero) is 1. The monoisotopic (exact) mass is 534 g/mol. The quantitative estimate of drug-likeness (QED) is 0.241. The molecule has 1 fully saturated rings. The fourth-order valence-corrected chi connectivity index (χ4v) is 4.70. The molecule has 0 aliphatic carbocycles. The van der Waals surface area contributed by atoms with Crippen molar-refractivity contribution in [3.05, 3.63) is 54.2 Å². The van der Waals surface area contributed by atoms with E-state index in [1.54, 1.807) is 41.7 Å². The fraction of sp³-hybridized carbons (Fsp3) is 0.379. The van der Waals surface area contributed by atoms with Crippen LogP contribution in [0.25, 0.3) is 10.9 Å². The normalized spacial score (nSPS) is 13.3. The van der Waals surface area contributed by atoms with Crippen molar-refractivity contribution in [1.82, 2.24) is 9.47 Å². The van der Waals surface area contributed by atoms with Crippen molar-refractivity contribution >= 4 is 45.8 Å². The highest BCUT2D eigenvalue weighted by molar-refractivity contribution is 6.45. The van der Waals surface area contributed by atoms with Crippen LogP contribution in [0.2, 0.25) is 0 Å². The van der Waals surface area contributed by atoms with Gasteiger partial charge in [-0.3, -0.25) is 19.2 Å². The van der Waals surface area contributed by atoms with Gasteiger partial charge in [0, 0.05) is 61.1 Å². The van der Waals surface area contributed by atoms with Crippen LogP contribution < -0.4 is 15.0 Å². The highest BCUT2D eigenvalue weighted by Crippen LogP contribution is 2.27. The molecule has 0 atom stereocenters. The largest absolute Gasteiger partial charge is 0.497 e. The molecule has 1 aliphatic heterocycles. The average Bonchev–Trinajstić information content (AvgIpc) is 3.29. The predicted octanol–water partition coefficient (Wildman–Crippen LogP) is 3.48. The number of fused-ring (bicyclic) bond motifs is 1. The van der Waals surface area contributed by atoms with Crippen molar-refractivity contribution in [3.8, 4) is 5.75 Å². The first-order valence-electron chi connectivity index (χ1n) is 13.2. The summed E-state index contributed by atoms with van der Waals surface area (Å²) in [7, 11) is 1.62. The van der Waals surface area contributed by atoms with E-state index < -0.39 is 17.7 Å². The lowest BCUT2D eigenvalue weighted by Crippen LogP contribution is -2.50. The molecule has 1 saturated heterocycles. The van der Waals surface area contributed by atoms with Gasteiger partial charge in [0.15, 0.2) is 0 Å². The maximum absolute atomic E-state index is 13.5. The summed E-state index contributed by atoms with van der Waals surface area (Å²) in [6, 6.07) is 12.8. The molecule has 3 aromatic rings. The molecule has 1 aromatic heterocycles. The molecule has 2 heterocycles. The fourth-order valence-electron chi connectivity index (χ4n) is 4.70. The lowest BCUT2D eigenvalue weighted by Gasteiger charge is -2.35. The highest BCUT2D eigenvalue weighted by Gasteiger charge is 2.29. The molecule has 0 radical (unpaired) electrons. The standard InChI is InChI=1S/C29H34N4O6/c1-4-6-26(34)30-20-7-12-25-23(17-20)24(18-33(25)19-27(35)39-5-2)28(36)29(37)32-15-13-31(14-16-32)21-8-10-22(38-3)11-9-21/h7-12,17-18H,4-6,13-16,19H2,1-3H3,(H,30,34). The second kappa shape index (κ2) is 12.5. The number of nitrogens with zero attached hydrogens (tertiary/aromatic N) is 3. The Hall–Kier alpha value is -4.34. The molecule has 2 aromatic carbocycles. The van der Waals surface area contributed by atoms with Gasteiger partial charge in [-0.05, 0) is 55.8 Å². The van der Waals surface area contributed by atoms with Crippen molar-refractivity contribution < 1.29 is 28.7 Å². The van der Waals surface area contributed by atoms with E-state index in [1.165, 1.54) is 6.20 Å². The Balaban J connectivity index is 1.55. The molecule has 0 unspecified atom stereocenters. The molecule has 10 heteroatoms. The summed E-state index contributed by atoms with van der Waals surface area (Å²) in [5.74, 6) is -1.07. The number of methoxy groups -OCH3 is 1. The third-order valence-corrected chi connectivity index (χ3v) is 6.69. The van der Waals surface area contributed by atoms with Crippen LogP contribution in [-0.4, -0.2) is 72.9 Å². The molecule has 0 spiro atoms. The number of carbonyl (C=O) groups is 4. The van der Waals surface area contributed by atoms with E-state index in [2.05, 4.69) is 10.2 Å². The summed E-state index contributed by atoms with van der Waals surface area (Å²) in [5.41, 5.74) is 2.32. The van der Waals surface area contributed by atoms with Crippen LogP contribution in [0.5, 0.6) is 5.75 Å². The molecule has 1 N–H and O–H groups in total. The van der Waals surface area contributed by atoms with E-state index in [0.717, 1.165) is 11.4 Å². The predicted molar refractivity (Wildman–Crippen MR) is 148 cm³/mol. The smallest absolute Gasteiger partial charge is 0.325 e. The minimum Gasteiger partial charge on any atom is -0.497 e. The lowest BCUT2D eigenvalue weighted by atomic mass is 10.1. The average molecular weight is 535 g/mol. The molecule has 39 heavy (non-hydrogen) atoms. The Labute approximate surface area is 227 Å². The Kier molecular flexibility index (Phi) is 8.85. The van der Waals surface area contributed by atoms with Gasteiger partial charge in [0.05, 0.1) is 19.3 Å². The number of benzene rings is 2. The summed E-state index contributed by atoms with van der Waals surface area (Å²) in [6.45, 7) is 5.74. The number of esters is 1. The molecule has 4 rings (SSSR count). The Morgan fingerprint density at radius 2 is 1.67 bits per heavy atom. The molecule has 0 bridgehead atoms. The van der Waals surface area contributed by atoms with E-state index >= 15 is 0 Å². The third-order valence-electron chi connectivity index (χ3n) is 6.69. The maximum atomic E-state index is 13.5. The summed E-state index contributed by atoms with van der Waals surface area (Å²) in [4.78, 5) is 54.9. The molecule has 206 valence electrons. The van der Waals surface area contributed by atoms with Crippen molar-refractivity contribution in [2.45, 2.75) is 33.2 Å². The second-order valence-corrected chi connectivity index (χ2v) is 9.31. The van der Waals surface area contributed by atoms with Crippen LogP contribution in [0.4, 0.5) is 11.4 Å². The minimum absolute atomic E-state index is 0.103. The van der Waals surface area contributed by atoms with Gasteiger partial charge in [0.25, 0.3) is 11.7 Å². The molecule has 0 saturated carbocycles. The number of rotatable bonds is 10. The Morgan fingerprint density at radius 1 is 0.949 bits per heavy atom. The number of ketones is 1. The maximum Gasteiger partial charge on any atom is 0.325 e. The first kappa shape index (κ1) is 27.7. The van der Waals surface area contributed by atoms with E-state index in [-0.39, 0.29) is 24.6 Å². The van der Waals surface area contributed by atoms with E-state index in [1.807, 2.05) is 31.2 Å². The van der Waals surface area contributed by atoms with Crippen molar-refractivity contribution in [3.63, 3.8) is 0 Å². The van der Waals surface area contributed by atoms with Crippen molar-refractivity contribution in [1.29, 1.82) is 0 Å². The first-order chi connectivity index (χ1) is 18.8. The van der Waals surface area contributed by atoms with Crippen LogP contribution in [0.15, 0.2) is 48.7 Å². The summed E-state index contributed by atoms with van der Waals surface area (Å²) in [5, 5.41) is 3.32. The summed E-state index contributed by atoms with van der Waals surface area (Å²) in [6.07, 6.45) is 2.59. The van der Waals surface area contributed by atoms with Gasteiger partial charge in [-0.2, -0.15) is 0 Å². The van der Waals surface area contributed by atoms with Crippen LogP contribution in [-0.2, 0) is 25.7 Å². The molecule has 2 amide bonds. The number of hydrogen-bond donors (Lipinski definition) is 1. The Morgan fingerprint density at radius 3 is 2.31 bits per heavy atom. The third kappa shape index (κ3) is 6.39. The van der Waals surface area contributed by atoms with Crippen molar-refractivity contribution in [2.75, 3.05) is 50.1 Å². The van der Waals surface area contributed by atoms with Crippen LogP contribution in [0.1, 0.15) is 37.0 Å². The van der Waals surface area contributed by atoms with Gasteiger partial charge in [-0.15, -0.1) is 0 Å². The SMILES string of the molecule is CCCC(=O)Nc1ccc2c(c1)c(C(=O)C(=O)N1CCN(c3ccc(OC)cc3)CC1)cn2CC(=O)OCC. The van der Waals surface area contributed by atoms with E-state index in [0.29, 0.717) is 55.6 Å². The number of ether oxygens (including phenoxy) is 2. The van der Waals surface area contributed by atoms with Crippen LogP contribution >= 0.6 is 0 Å². The number of anilines is 2. The van der Waals surface area contributed by atoms with E-state index in [9.17, 15) is 19.2 Å². The number of hydrogen-bond acceptors (Lipinski definition) is 7. The van der Waals surface area contributed by atoms with Gasteiger partial charge in [0.2, 0.25) is 5.91 Å². The van der Waals surface area contributed by atoms with Gasteiger partial charge >= 0.3 is 5.97 Å². The number of aromatic nitrogens is 1. The molecule has 10 nitrogen and oxygen atoms in total. The van der Waals surface area contributed by atoms with Crippen molar-refractivity contribution in [2.24, 2.45) is 0 Å². The number of nitrogens with one attached hydrogen (secondary N) is 1. The van der Waals surface area contributed by atoms with Crippen LogP contribution in [0, 0.1) is 0 Å². The van der Waals surface area contributed by atoms with Gasteiger partial charge in [0.1, 0.15) is 12.3 Å². The zero-order chi connectivity index (χ0) is 27.9. The summed E-state index contributed by atoms with van der Waals surface area (Å²) < 4.78 is 11.9. The second-order valence-electron chi connectivity index (χ2n) is 9.31. The first-order valence-corrected chi connectivity index (χ1v) is 13.2. The Bertz CT molecular complexity index is 1360. The number of carbonyl (C=O) groups excluding carboxylic acids is 4. The number of piperazine rings is 1. The van der Waals surface area contributed by atoms with Gasteiger partial charge in [-0.25, -0.2) is 0 Å². The molecular weight excluding hydrogens is 500 g/mol. The zero-order valence-electron chi connectivity index (χ0n) is 22.6. The minimum atomic E-state index is -0.655. The topological polar surface area (TPSA) is 110 Å². The zero-order valence-corrected chi connectivity index (χ0v) is 22.6. The summed E-state index contributed by atoms with van der Waals surface area (Å²) >= 11 is 0. The molecular formula is C29H34N4O6. The lowest BCUT2D eigenvalue weighted by molar-refractivity contribution is -0.143.